The van der Waals surface area contributed by atoms with Gasteiger partial charge in [0.15, 0.2) is 0 Å². The molecule has 0 radical (unpaired) electrons. The zero-order valence-electron chi connectivity index (χ0n) is 12.9. The molecule has 1 fully saturated rings. The summed E-state index contributed by atoms with van der Waals surface area (Å²) in [5.74, 6) is 3.13. The van der Waals surface area contributed by atoms with Crippen molar-refractivity contribution in [3.8, 4) is 12.3 Å². The number of terminal acetylenes is 1. The van der Waals surface area contributed by atoms with Gasteiger partial charge in [-0.25, -0.2) is 17.7 Å². The molecule has 0 saturated carbocycles. The Morgan fingerprint density at radius 1 is 1.48 bits per heavy atom. The van der Waals surface area contributed by atoms with Gasteiger partial charge >= 0.3 is 0 Å². The molecule has 2 heterocycles. The van der Waals surface area contributed by atoms with Crippen LogP contribution in [-0.4, -0.2) is 55.5 Å². The summed E-state index contributed by atoms with van der Waals surface area (Å²) < 4.78 is 24.7. The lowest BCUT2D eigenvalue weighted by Crippen LogP contribution is -2.52. The van der Waals surface area contributed by atoms with Gasteiger partial charge in [-0.2, -0.15) is 0 Å². The van der Waals surface area contributed by atoms with Crippen LogP contribution in [0.1, 0.15) is 17.3 Å². The molecule has 1 aliphatic rings. The summed E-state index contributed by atoms with van der Waals surface area (Å²) in [6.07, 6.45) is 6.55. The van der Waals surface area contributed by atoms with Gasteiger partial charge in [0.2, 0.25) is 10.0 Å². The number of rotatable bonds is 7. The quantitative estimate of drug-likeness (QED) is 0.691. The molecule has 124 valence electrons. The van der Waals surface area contributed by atoms with E-state index >= 15 is 0 Å². The second kappa shape index (κ2) is 7.44. The lowest BCUT2D eigenvalue weighted by atomic mass is 10.0. The summed E-state index contributed by atoms with van der Waals surface area (Å²) in [7, 11) is -3.07. The Balaban J connectivity index is 1.78. The van der Waals surface area contributed by atoms with E-state index in [0.29, 0.717) is 31.0 Å². The molecule has 1 aromatic heterocycles. The zero-order valence-corrected chi connectivity index (χ0v) is 13.8. The highest BCUT2D eigenvalue weighted by Crippen LogP contribution is 2.20. The maximum atomic E-state index is 11.7. The molecule has 23 heavy (non-hydrogen) atoms. The van der Waals surface area contributed by atoms with Crippen molar-refractivity contribution >= 4 is 21.7 Å². The van der Waals surface area contributed by atoms with Crippen LogP contribution >= 0.6 is 0 Å². The first-order chi connectivity index (χ1) is 11.0. The summed E-state index contributed by atoms with van der Waals surface area (Å²) in [5.41, 5.74) is 0.439. The van der Waals surface area contributed by atoms with Crippen LogP contribution in [0.5, 0.6) is 0 Å². The van der Waals surface area contributed by atoms with Crippen LogP contribution in [0, 0.1) is 18.3 Å². The number of pyridine rings is 1. The number of amides is 1. The van der Waals surface area contributed by atoms with Gasteiger partial charge in [0, 0.05) is 31.7 Å². The average molecular weight is 336 g/mol. The maximum Gasteiger partial charge on any atom is 0.253 e. The smallest absolute Gasteiger partial charge is 0.253 e. The number of nitrogens with one attached hydrogen (secondary N) is 2. The molecule has 0 aliphatic carbocycles. The molecule has 0 bridgehead atoms. The van der Waals surface area contributed by atoms with E-state index in [2.05, 4.69) is 21.5 Å². The molecule has 0 unspecified atom stereocenters. The van der Waals surface area contributed by atoms with Gasteiger partial charge in [-0.15, -0.1) is 6.42 Å². The first-order valence-corrected chi connectivity index (χ1v) is 8.96. The summed E-state index contributed by atoms with van der Waals surface area (Å²) >= 11 is 0. The minimum Gasteiger partial charge on any atom is -0.370 e. The van der Waals surface area contributed by atoms with Gasteiger partial charge in [-0.1, -0.05) is 5.92 Å². The van der Waals surface area contributed by atoms with Crippen LogP contribution in [0.2, 0.25) is 0 Å². The Morgan fingerprint density at radius 3 is 2.78 bits per heavy atom. The molecule has 2 N–H and O–H groups in total. The third kappa shape index (κ3) is 4.43. The molecular weight excluding hydrogens is 316 g/mol. The number of carbonyl (C=O) groups excluding carboxylic acids is 1. The van der Waals surface area contributed by atoms with Crippen LogP contribution in [0.25, 0.3) is 0 Å². The molecule has 2 rings (SSSR count). The Morgan fingerprint density at radius 2 is 2.22 bits per heavy atom. The van der Waals surface area contributed by atoms with E-state index in [0.717, 1.165) is 0 Å². The molecule has 1 aromatic rings. The van der Waals surface area contributed by atoms with Gasteiger partial charge in [0.25, 0.3) is 5.91 Å². The van der Waals surface area contributed by atoms with E-state index in [9.17, 15) is 13.2 Å². The fourth-order valence-electron chi connectivity index (χ4n) is 2.18. The molecule has 0 spiro atoms. The Labute approximate surface area is 136 Å². The monoisotopic (exact) mass is 336 g/mol. The van der Waals surface area contributed by atoms with Gasteiger partial charge in [-0.3, -0.25) is 4.79 Å². The van der Waals surface area contributed by atoms with E-state index in [4.69, 9.17) is 6.42 Å². The lowest BCUT2D eigenvalue weighted by Gasteiger charge is -2.38. The van der Waals surface area contributed by atoms with Gasteiger partial charge in [0.05, 0.1) is 17.9 Å². The highest BCUT2D eigenvalue weighted by Gasteiger charge is 2.34. The normalized spacial score (nSPS) is 15.5. The van der Waals surface area contributed by atoms with Crippen molar-refractivity contribution in [3.05, 3.63) is 23.9 Å². The second-order valence-electron chi connectivity index (χ2n) is 5.28. The third-order valence-electron chi connectivity index (χ3n) is 3.63. The number of nitrogens with zero attached hydrogens (tertiary/aromatic N) is 2. The maximum absolute atomic E-state index is 11.7. The molecule has 1 amide bonds. The summed E-state index contributed by atoms with van der Waals surface area (Å²) in [6.45, 7) is 3.54. The fourth-order valence-corrected chi connectivity index (χ4v) is 3.42. The first-order valence-electron chi connectivity index (χ1n) is 7.35. The Kier molecular flexibility index (Phi) is 5.58. The number of hydrogen-bond donors (Lipinski definition) is 2. The highest BCUT2D eigenvalue weighted by atomic mass is 32.2. The average Bonchev–Trinajstić information content (AvgIpc) is 2.51. The van der Waals surface area contributed by atoms with Crippen LogP contribution in [0.4, 0.5) is 5.82 Å². The van der Waals surface area contributed by atoms with Crippen molar-refractivity contribution in [2.45, 2.75) is 6.92 Å². The van der Waals surface area contributed by atoms with Gasteiger partial charge in [-0.05, 0) is 19.1 Å². The van der Waals surface area contributed by atoms with Crippen LogP contribution < -0.4 is 10.6 Å². The predicted octanol–water partition coefficient (Wildman–Crippen LogP) is 0.138. The van der Waals surface area contributed by atoms with Crippen molar-refractivity contribution in [2.75, 3.05) is 37.2 Å². The molecule has 0 aromatic carbocycles. The molecule has 8 heteroatoms. The minimum absolute atomic E-state index is 0.137. The number of aromatic nitrogens is 1. The van der Waals surface area contributed by atoms with E-state index in [1.165, 1.54) is 10.5 Å². The summed E-state index contributed by atoms with van der Waals surface area (Å²) in [6, 6.07) is 3.37. The first kappa shape index (κ1) is 17.2. The van der Waals surface area contributed by atoms with Crippen molar-refractivity contribution in [1.29, 1.82) is 0 Å². The van der Waals surface area contributed by atoms with Crippen LogP contribution in [0.15, 0.2) is 18.3 Å². The predicted molar refractivity (Wildman–Crippen MR) is 88.4 cm³/mol. The van der Waals surface area contributed by atoms with E-state index < -0.39 is 10.0 Å². The summed E-state index contributed by atoms with van der Waals surface area (Å²) in [4.78, 5) is 15.8. The molecule has 1 aliphatic heterocycles. The van der Waals surface area contributed by atoms with Crippen molar-refractivity contribution in [2.24, 2.45) is 5.92 Å². The van der Waals surface area contributed by atoms with Gasteiger partial charge in [0.1, 0.15) is 5.82 Å². The summed E-state index contributed by atoms with van der Waals surface area (Å²) in [5, 5.41) is 5.71. The number of anilines is 1. The largest absolute Gasteiger partial charge is 0.370 e. The highest BCUT2D eigenvalue weighted by molar-refractivity contribution is 7.89. The van der Waals surface area contributed by atoms with E-state index in [1.54, 1.807) is 19.1 Å². The Bertz CT molecular complexity index is 688. The van der Waals surface area contributed by atoms with E-state index in [1.807, 2.05) is 0 Å². The van der Waals surface area contributed by atoms with Crippen molar-refractivity contribution < 1.29 is 13.2 Å². The SMILES string of the molecule is C#CCNC(=O)c1ccc(NCC2CN(S(=O)(=O)CC)C2)nc1. The van der Waals surface area contributed by atoms with Crippen molar-refractivity contribution in [1.82, 2.24) is 14.6 Å². The minimum atomic E-state index is -3.07. The Hall–Kier alpha value is -2.11. The molecule has 0 atom stereocenters. The molecule has 7 nitrogen and oxygen atoms in total. The fraction of sp³-hybridized carbons (Fsp3) is 0.467. The zero-order chi connectivity index (χ0) is 16.9. The van der Waals surface area contributed by atoms with Crippen LogP contribution in [0.3, 0.4) is 0 Å². The van der Waals surface area contributed by atoms with E-state index in [-0.39, 0.29) is 24.1 Å². The standard InChI is InChI=1S/C15H20N4O3S/c1-3-7-16-15(20)13-5-6-14(18-9-13)17-8-12-10-19(11-12)23(21,22)4-2/h1,5-6,9,12H,4,7-8,10-11H2,2H3,(H,16,20)(H,17,18). The number of sulfonamides is 1. The second-order valence-corrected chi connectivity index (χ2v) is 7.54. The van der Waals surface area contributed by atoms with Gasteiger partial charge < -0.3 is 10.6 Å². The number of hydrogen-bond acceptors (Lipinski definition) is 5. The molecular formula is C15H20N4O3S. The topological polar surface area (TPSA) is 91.4 Å². The lowest BCUT2D eigenvalue weighted by molar-refractivity contribution is 0.0958. The number of carbonyl (C=O) groups is 1. The molecule has 1 saturated heterocycles. The van der Waals surface area contributed by atoms with Crippen LogP contribution in [-0.2, 0) is 10.0 Å². The van der Waals surface area contributed by atoms with Crippen molar-refractivity contribution in [3.63, 3.8) is 0 Å². The third-order valence-corrected chi connectivity index (χ3v) is 5.44.